The van der Waals surface area contributed by atoms with Gasteiger partial charge in [0, 0.05) is 32.6 Å². The number of amides is 1. The number of carbonyl (C=O) groups excluding carboxylic acids is 1. The van der Waals surface area contributed by atoms with Gasteiger partial charge in [0.2, 0.25) is 5.91 Å². The quantitative estimate of drug-likeness (QED) is 0.914. The predicted molar refractivity (Wildman–Crippen MR) is 78.5 cm³/mol. The average Bonchev–Trinajstić information content (AvgIpc) is 2.45. The van der Waals surface area contributed by atoms with Crippen LogP contribution in [0.5, 0.6) is 0 Å². The van der Waals surface area contributed by atoms with E-state index in [0.717, 1.165) is 43.3 Å². The maximum absolute atomic E-state index is 11.9. The van der Waals surface area contributed by atoms with Gasteiger partial charge in [-0.05, 0) is 25.1 Å². The number of rotatable bonds is 4. The third-order valence-electron chi connectivity index (χ3n) is 3.42. The normalized spacial score (nSPS) is 15.7. The number of carbonyl (C=O) groups is 1. The molecule has 0 atom stereocenters. The first-order valence-electron chi connectivity index (χ1n) is 6.69. The molecular weight excluding hydrogens is 262 g/mol. The number of nitrogens with zero attached hydrogens (tertiary/aromatic N) is 2. The zero-order chi connectivity index (χ0) is 13.7. The Morgan fingerprint density at radius 3 is 2.53 bits per heavy atom. The van der Waals surface area contributed by atoms with Gasteiger partial charge in [-0.25, -0.2) is 0 Å². The van der Waals surface area contributed by atoms with Crippen LogP contribution in [0.4, 0.5) is 5.69 Å². The third-order valence-corrected chi connectivity index (χ3v) is 3.74. The summed E-state index contributed by atoms with van der Waals surface area (Å²) in [6, 6.07) is 7.84. The molecule has 4 nitrogen and oxygen atoms in total. The fraction of sp³-hybridized carbons (Fsp3) is 0.500. The highest BCUT2D eigenvalue weighted by Gasteiger charge is 2.21. The fourth-order valence-electron chi connectivity index (χ4n) is 2.32. The lowest BCUT2D eigenvalue weighted by Crippen LogP contribution is -2.48. The molecule has 1 aliphatic rings. The van der Waals surface area contributed by atoms with Crippen LogP contribution in [-0.2, 0) is 4.79 Å². The van der Waals surface area contributed by atoms with Crippen molar-refractivity contribution in [3.63, 3.8) is 0 Å². The number of benzene rings is 1. The monoisotopic (exact) mass is 281 g/mol. The molecular formula is C14H20ClN3O. The van der Waals surface area contributed by atoms with Crippen molar-refractivity contribution < 1.29 is 4.79 Å². The topological polar surface area (TPSA) is 49.6 Å². The summed E-state index contributed by atoms with van der Waals surface area (Å²) in [6.07, 6.45) is 1.33. The Morgan fingerprint density at radius 2 is 1.89 bits per heavy atom. The molecule has 0 bridgehead atoms. The van der Waals surface area contributed by atoms with E-state index < -0.39 is 0 Å². The lowest BCUT2D eigenvalue weighted by atomic mass is 10.2. The van der Waals surface area contributed by atoms with Crippen LogP contribution in [0.1, 0.15) is 12.8 Å². The fourth-order valence-corrected chi connectivity index (χ4v) is 2.57. The number of hydrogen-bond acceptors (Lipinski definition) is 3. The van der Waals surface area contributed by atoms with Gasteiger partial charge < -0.3 is 15.5 Å². The average molecular weight is 282 g/mol. The molecule has 5 heteroatoms. The number of halogens is 1. The van der Waals surface area contributed by atoms with Crippen molar-refractivity contribution in [1.82, 2.24) is 4.90 Å². The lowest BCUT2D eigenvalue weighted by molar-refractivity contribution is -0.131. The smallest absolute Gasteiger partial charge is 0.222 e. The van der Waals surface area contributed by atoms with Crippen molar-refractivity contribution in [3.05, 3.63) is 29.3 Å². The van der Waals surface area contributed by atoms with Gasteiger partial charge in [-0.15, -0.1) is 0 Å². The molecule has 1 aromatic carbocycles. The van der Waals surface area contributed by atoms with Gasteiger partial charge in [-0.1, -0.05) is 23.7 Å². The molecule has 19 heavy (non-hydrogen) atoms. The van der Waals surface area contributed by atoms with E-state index in [1.165, 1.54) is 0 Å². The summed E-state index contributed by atoms with van der Waals surface area (Å²) in [6.45, 7) is 3.75. The lowest BCUT2D eigenvalue weighted by Gasteiger charge is -2.36. The van der Waals surface area contributed by atoms with Crippen molar-refractivity contribution >= 4 is 23.2 Å². The Kier molecular flexibility index (Phi) is 5.05. The van der Waals surface area contributed by atoms with Crippen molar-refractivity contribution in [2.24, 2.45) is 5.73 Å². The van der Waals surface area contributed by atoms with Crippen molar-refractivity contribution in [1.29, 1.82) is 0 Å². The molecule has 2 rings (SSSR count). The second-order valence-electron chi connectivity index (χ2n) is 4.71. The van der Waals surface area contributed by atoms with Crippen LogP contribution in [0, 0.1) is 0 Å². The molecule has 0 saturated carbocycles. The molecule has 0 aromatic heterocycles. The molecule has 104 valence electrons. The van der Waals surface area contributed by atoms with Crippen molar-refractivity contribution in [2.75, 3.05) is 37.6 Å². The van der Waals surface area contributed by atoms with E-state index in [2.05, 4.69) is 4.90 Å². The first-order chi connectivity index (χ1) is 9.22. The van der Waals surface area contributed by atoms with Gasteiger partial charge in [-0.3, -0.25) is 4.79 Å². The standard InChI is InChI=1S/C14H20ClN3O/c15-12-4-1-2-5-13(12)17-8-10-18(11-9-17)14(19)6-3-7-16/h1-2,4-5H,3,6-11,16H2. The SMILES string of the molecule is NCCCC(=O)N1CCN(c2ccccc2Cl)CC1. The summed E-state index contributed by atoms with van der Waals surface area (Å²) < 4.78 is 0. The van der Waals surface area contributed by atoms with Gasteiger partial charge in [0.25, 0.3) is 0 Å². The van der Waals surface area contributed by atoms with E-state index in [0.29, 0.717) is 13.0 Å². The summed E-state index contributed by atoms with van der Waals surface area (Å²) >= 11 is 6.19. The molecule has 1 aromatic rings. The van der Waals surface area contributed by atoms with Crippen LogP contribution >= 0.6 is 11.6 Å². The van der Waals surface area contributed by atoms with Gasteiger partial charge in [0.1, 0.15) is 0 Å². The number of anilines is 1. The molecule has 2 N–H and O–H groups in total. The second-order valence-corrected chi connectivity index (χ2v) is 5.12. The van der Waals surface area contributed by atoms with Crippen molar-refractivity contribution in [2.45, 2.75) is 12.8 Å². The molecule has 1 fully saturated rings. The molecule has 0 unspecified atom stereocenters. The van der Waals surface area contributed by atoms with E-state index in [1.807, 2.05) is 29.2 Å². The van der Waals surface area contributed by atoms with Crippen LogP contribution in [0.25, 0.3) is 0 Å². The van der Waals surface area contributed by atoms with Crippen LogP contribution in [0.2, 0.25) is 5.02 Å². The minimum absolute atomic E-state index is 0.212. The summed E-state index contributed by atoms with van der Waals surface area (Å²) in [5.41, 5.74) is 6.48. The Balaban J connectivity index is 1.89. The van der Waals surface area contributed by atoms with Gasteiger partial charge in [0.05, 0.1) is 10.7 Å². The highest BCUT2D eigenvalue weighted by Crippen LogP contribution is 2.26. The van der Waals surface area contributed by atoms with Gasteiger partial charge in [-0.2, -0.15) is 0 Å². The third kappa shape index (κ3) is 3.61. The van der Waals surface area contributed by atoms with Crippen LogP contribution < -0.4 is 10.6 Å². The zero-order valence-corrected chi connectivity index (χ0v) is 11.8. The Morgan fingerprint density at radius 1 is 1.21 bits per heavy atom. The van der Waals surface area contributed by atoms with Gasteiger partial charge >= 0.3 is 0 Å². The van der Waals surface area contributed by atoms with Crippen molar-refractivity contribution in [3.8, 4) is 0 Å². The number of piperazine rings is 1. The summed E-state index contributed by atoms with van der Waals surface area (Å²) in [5, 5.41) is 0.769. The molecule has 1 heterocycles. The predicted octanol–water partition coefficient (Wildman–Crippen LogP) is 1.73. The van der Waals surface area contributed by atoms with Gasteiger partial charge in [0.15, 0.2) is 0 Å². The van der Waals surface area contributed by atoms with E-state index in [9.17, 15) is 4.79 Å². The highest BCUT2D eigenvalue weighted by atomic mass is 35.5. The first-order valence-corrected chi connectivity index (χ1v) is 7.07. The number of nitrogens with two attached hydrogens (primary N) is 1. The van der Waals surface area contributed by atoms with Crippen LogP contribution in [-0.4, -0.2) is 43.5 Å². The molecule has 0 radical (unpaired) electrons. The summed E-state index contributed by atoms with van der Waals surface area (Å²) in [7, 11) is 0. The zero-order valence-electron chi connectivity index (χ0n) is 11.0. The molecule has 0 aliphatic carbocycles. The Hall–Kier alpha value is -1.26. The van der Waals surface area contributed by atoms with E-state index in [4.69, 9.17) is 17.3 Å². The summed E-state index contributed by atoms with van der Waals surface area (Å²) in [4.78, 5) is 16.0. The Labute approximate surface area is 119 Å². The van der Waals surface area contributed by atoms with Crippen LogP contribution in [0.15, 0.2) is 24.3 Å². The Bertz CT molecular complexity index is 430. The first kappa shape index (κ1) is 14.2. The summed E-state index contributed by atoms with van der Waals surface area (Å²) in [5.74, 6) is 0.212. The number of para-hydroxylation sites is 1. The molecule has 1 aliphatic heterocycles. The maximum atomic E-state index is 11.9. The molecule has 0 spiro atoms. The molecule has 1 amide bonds. The second kappa shape index (κ2) is 6.78. The maximum Gasteiger partial charge on any atom is 0.222 e. The van der Waals surface area contributed by atoms with E-state index in [-0.39, 0.29) is 5.91 Å². The molecule has 1 saturated heterocycles. The number of hydrogen-bond donors (Lipinski definition) is 1. The van der Waals surface area contributed by atoms with E-state index in [1.54, 1.807) is 0 Å². The largest absolute Gasteiger partial charge is 0.367 e. The minimum atomic E-state index is 0.212. The van der Waals surface area contributed by atoms with Crippen LogP contribution in [0.3, 0.4) is 0 Å². The minimum Gasteiger partial charge on any atom is -0.367 e. The van der Waals surface area contributed by atoms with E-state index >= 15 is 0 Å². The highest BCUT2D eigenvalue weighted by molar-refractivity contribution is 6.33.